The first kappa shape index (κ1) is 45.1. The lowest BCUT2D eigenvalue weighted by molar-refractivity contribution is -0.131. The highest BCUT2D eigenvalue weighted by molar-refractivity contribution is 5.89. The monoisotopic (exact) mass is 820 g/mol. The van der Waals surface area contributed by atoms with Crippen LogP contribution >= 0.6 is 0 Å². The summed E-state index contributed by atoms with van der Waals surface area (Å²) < 4.78 is 0. The normalized spacial score (nSPS) is 15.8. The maximum absolute atomic E-state index is 14.6. The van der Waals surface area contributed by atoms with E-state index < -0.39 is 59.0 Å². The van der Waals surface area contributed by atoms with Crippen molar-refractivity contribution in [1.29, 1.82) is 0 Å². The van der Waals surface area contributed by atoms with Gasteiger partial charge in [0.25, 0.3) is 0 Å². The molecule has 0 bridgehead atoms. The molecule has 60 heavy (non-hydrogen) atoms. The number of hydrogen-bond donors (Lipinski definition) is 5. The van der Waals surface area contributed by atoms with Crippen molar-refractivity contribution in [1.82, 2.24) is 30.3 Å². The summed E-state index contributed by atoms with van der Waals surface area (Å²) in [5.74, 6) is -0.821. The summed E-state index contributed by atoms with van der Waals surface area (Å²) in [4.78, 5) is 63.4. The smallest absolute Gasteiger partial charge is 0.407 e. The van der Waals surface area contributed by atoms with Crippen molar-refractivity contribution >= 4 is 23.9 Å². The van der Waals surface area contributed by atoms with E-state index in [1.165, 1.54) is 7.05 Å². The molecule has 5 N–H and O–H groups in total. The molecular formula is C47H60N6O7. The number of carboxylic acid groups (broad SMARTS) is 1. The molecule has 13 nitrogen and oxygen atoms in total. The van der Waals surface area contributed by atoms with Crippen LogP contribution in [0, 0.1) is 10.8 Å². The molecule has 1 aliphatic heterocycles. The Hall–Kier alpha value is -5.95. The number of nitrogens with zero attached hydrogens (tertiary/aromatic N) is 4. The largest absolute Gasteiger partial charge is 0.508 e. The number of nitrogens with one attached hydrogen (secondary N) is 2. The highest BCUT2D eigenvalue weighted by Crippen LogP contribution is 2.30. The molecule has 13 heteroatoms. The molecule has 0 saturated carbocycles. The quantitative estimate of drug-likeness (QED) is 0.0871. The van der Waals surface area contributed by atoms with Gasteiger partial charge in [-0.3, -0.25) is 19.5 Å². The van der Waals surface area contributed by atoms with Crippen molar-refractivity contribution in [3.8, 4) is 17.0 Å². The van der Waals surface area contributed by atoms with Crippen molar-refractivity contribution in [2.45, 2.75) is 97.6 Å². The topological polar surface area (TPSA) is 176 Å². The van der Waals surface area contributed by atoms with Gasteiger partial charge in [0.15, 0.2) is 0 Å². The third-order valence-corrected chi connectivity index (χ3v) is 10.9. The lowest BCUT2D eigenvalue weighted by Crippen LogP contribution is -2.59. The average molecular weight is 821 g/mol. The Kier molecular flexibility index (Phi) is 14.6. The van der Waals surface area contributed by atoms with Crippen molar-refractivity contribution in [2.75, 3.05) is 20.1 Å². The summed E-state index contributed by atoms with van der Waals surface area (Å²) in [5, 5.41) is 38.3. The predicted octanol–water partition coefficient (Wildman–Crippen LogP) is 6.34. The maximum Gasteiger partial charge on any atom is 0.407 e. The van der Waals surface area contributed by atoms with Crippen LogP contribution in [-0.2, 0) is 29.0 Å². The van der Waals surface area contributed by atoms with Gasteiger partial charge in [-0.25, -0.2) is 9.59 Å². The van der Waals surface area contributed by atoms with E-state index in [1.54, 1.807) is 55.0 Å². The van der Waals surface area contributed by atoms with E-state index in [1.807, 2.05) is 99.6 Å². The third kappa shape index (κ3) is 11.8. The molecule has 5 amide bonds. The van der Waals surface area contributed by atoms with E-state index in [2.05, 4.69) is 15.6 Å². The number of aliphatic hydroxyl groups is 1. The molecule has 320 valence electrons. The van der Waals surface area contributed by atoms with Crippen molar-refractivity contribution in [3.63, 3.8) is 0 Å². The minimum absolute atomic E-state index is 0.0136. The highest BCUT2D eigenvalue weighted by Gasteiger charge is 2.45. The van der Waals surface area contributed by atoms with Crippen LogP contribution in [0.2, 0.25) is 0 Å². The van der Waals surface area contributed by atoms with E-state index in [0.717, 1.165) is 32.8 Å². The summed E-state index contributed by atoms with van der Waals surface area (Å²) in [6.07, 6.45) is -0.138. The summed E-state index contributed by atoms with van der Waals surface area (Å²) in [7, 11) is 1.37. The second kappa shape index (κ2) is 19.4. The molecule has 5 atom stereocenters. The van der Waals surface area contributed by atoms with Gasteiger partial charge in [0, 0.05) is 44.5 Å². The van der Waals surface area contributed by atoms with E-state index in [0.29, 0.717) is 19.5 Å². The molecule has 1 saturated heterocycles. The van der Waals surface area contributed by atoms with Crippen molar-refractivity contribution < 1.29 is 34.5 Å². The summed E-state index contributed by atoms with van der Waals surface area (Å²) in [6, 6.07) is 25.9. The number of pyridine rings is 1. The Morgan fingerprint density at radius 1 is 0.783 bits per heavy atom. The summed E-state index contributed by atoms with van der Waals surface area (Å²) >= 11 is 0. The lowest BCUT2D eigenvalue weighted by atomic mass is 9.84. The Morgan fingerprint density at radius 3 is 2.03 bits per heavy atom. The Morgan fingerprint density at radius 2 is 1.43 bits per heavy atom. The number of phenols is 1. The first-order valence-electron chi connectivity index (χ1n) is 20.4. The fourth-order valence-electron chi connectivity index (χ4n) is 8.10. The summed E-state index contributed by atoms with van der Waals surface area (Å²) in [6.45, 7) is 12.1. The zero-order chi connectivity index (χ0) is 43.8. The van der Waals surface area contributed by atoms with E-state index in [4.69, 9.17) is 0 Å². The number of aliphatic hydroxyl groups excluding tert-OH is 1. The molecule has 1 fully saturated rings. The molecule has 0 spiro atoms. The van der Waals surface area contributed by atoms with Crippen LogP contribution in [0.15, 0.2) is 103 Å². The van der Waals surface area contributed by atoms with Gasteiger partial charge in [0.05, 0.1) is 17.8 Å². The Labute approximate surface area is 353 Å². The van der Waals surface area contributed by atoms with Gasteiger partial charge in [-0.15, -0.1) is 0 Å². The number of aromatic hydroxyl groups is 1. The molecule has 3 aromatic carbocycles. The first-order valence-corrected chi connectivity index (χ1v) is 20.4. The Bertz CT molecular complexity index is 2070. The van der Waals surface area contributed by atoms with Gasteiger partial charge in [-0.05, 0) is 71.0 Å². The minimum Gasteiger partial charge on any atom is -0.508 e. The molecule has 2 heterocycles. The number of phenolic OH excluding ortho intramolecular Hbond substituents is 1. The number of amides is 5. The molecule has 4 aromatic rings. The molecule has 5 rings (SSSR count). The van der Waals surface area contributed by atoms with E-state index >= 15 is 0 Å². The number of carbonyl (C=O) groups is 4. The van der Waals surface area contributed by atoms with Gasteiger partial charge in [0.1, 0.15) is 17.8 Å². The number of rotatable bonds is 16. The van der Waals surface area contributed by atoms with Crippen molar-refractivity contribution in [2.24, 2.45) is 10.8 Å². The zero-order valence-electron chi connectivity index (χ0n) is 35.7. The second-order valence-electron chi connectivity index (χ2n) is 17.9. The number of aromatic nitrogens is 1. The van der Waals surface area contributed by atoms with E-state index in [-0.39, 0.29) is 31.2 Å². The molecule has 0 unspecified atom stereocenters. The highest BCUT2D eigenvalue weighted by atomic mass is 16.4. The molecule has 0 aliphatic carbocycles. The first-order chi connectivity index (χ1) is 28.3. The molecule has 1 aliphatic rings. The van der Waals surface area contributed by atoms with Crippen LogP contribution in [0.4, 0.5) is 9.59 Å². The fourth-order valence-corrected chi connectivity index (χ4v) is 8.10. The lowest BCUT2D eigenvalue weighted by Gasteiger charge is -2.38. The van der Waals surface area contributed by atoms with Gasteiger partial charge in [-0.2, -0.15) is 0 Å². The van der Waals surface area contributed by atoms with Crippen LogP contribution in [0.1, 0.15) is 64.7 Å². The van der Waals surface area contributed by atoms with Gasteiger partial charge in [-0.1, -0.05) is 114 Å². The van der Waals surface area contributed by atoms with E-state index in [9.17, 15) is 34.5 Å². The summed E-state index contributed by atoms with van der Waals surface area (Å²) in [5.41, 5.74) is 2.76. The predicted molar refractivity (Wildman–Crippen MR) is 231 cm³/mol. The second-order valence-corrected chi connectivity index (χ2v) is 17.9. The zero-order valence-corrected chi connectivity index (χ0v) is 35.7. The minimum atomic E-state index is -1.25. The molecule has 0 radical (unpaired) electrons. The van der Waals surface area contributed by atoms with Crippen LogP contribution < -0.4 is 10.6 Å². The number of likely N-dealkylation sites (N-methyl/N-ethyl adjacent to an activating group) is 1. The SMILES string of the molecule is CN(C(=O)O)[C@H](C(=O)N[C@@H](Cc1ccc(-c2ccccn2)cc1)C[C@H](O)[C@H](Cc1ccccc1)NC(=O)[C@@H](N1CCN(Cc2cccc(O)c2)C1=O)C(C)(C)C)C(C)(C)C. The fraction of sp³-hybridized carbons (Fsp3) is 0.426. The van der Waals surface area contributed by atoms with Gasteiger partial charge in [0.2, 0.25) is 11.8 Å². The number of hydrogen-bond acceptors (Lipinski definition) is 7. The maximum atomic E-state index is 14.6. The number of urea groups is 1. The van der Waals surface area contributed by atoms with Crippen LogP contribution in [0.3, 0.4) is 0 Å². The number of benzene rings is 3. The van der Waals surface area contributed by atoms with Gasteiger partial charge >= 0.3 is 12.1 Å². The standard InChI is InChI=1S/C47H60N6O7/c1-46(2,3)40(51(7)45(59)60)42(56)49-35(26-32-19-21-34(22-20-32)37-18-11-12-23-48-37)29-39(55)38(28-31-14-9-8-10-15-31)50-43(57)41(47(4,5)6)53-25-24-52(44(53)58)30-33-16-13-17-36(54)27-33/h8-23,27,35,38-41,54-55H,24-26,28-30H2,1-7H3,(H,49,56)(H,50,57)(H,59,60)/t35-,38-,39-,40+,41+/m0/s1. The van der Waals surface area contributed by atoms with Gasteiger partial charge < -0.3 is 35.8 Å². The Balaban J connectivity index is 1.43. The molecular weight excluding hydrogens is 761 g/mol. The number of carbonyl (C=O) groups excluding carboxylic acids is 3. The third-order valence-electron chi connectivity index (χ3n) is 10.9. The van der Waals surface area contributed by atoms with Crippen LogP contribution in [0.5, 0.6) is 5.75 Å². The average Bonchev–Trinajstić information content (AvgIpc) is 3.52. The van der Waals surface area contributed by atoms with Crippen molar-refractivity contribution in [3.05, 3.63) is 120 Å². The van der Waals surface area contributed by atoms with Crippen LogP contribution in [0.25, 0.3) is 11.3 Å². The van der Waals surface area contributed by atoms with Crippen LogP contribution in [-0.4, -0.2) is 109 Å². The molecule has 1 aromatic heterocycles.